The zero-order valence-corrected chi connectivity index (χ0v) is 16.4. The van der Waals surface area contributed by atoms with E-state index in [-0.39, 0.29) is 12.1 Å². The van der Waals surface area contributed by atoms with Crippen LogP contribution in [-0.2, 0) is 17.7 Å². The number of hydrogen-bond acceptors (Lipinski definition) is 5. The normalized spacial score (nSPS) is 29.1. The molecule has 3 aliphatic rings. The molecule has 3 heterocycles. The average Bonchev–Trinajstić information content (AvgIpc) is 3.34. The summed E-state index contributed by atoms with van der Waals surface area (Å²) in [5.74, 6) is 0.461. The molecule has 2 saturated heterocycles. The molecule has 0 saturated carbocycles. The number of nitrogens with one attached hydrogen (secondary N) is 1. The summed E-state index contributed by atoms with van der Waals surface area (Å²) in [7, 11) is 0. The van der Waals surface area contributed by atoms with Crippen molar-refractivity contribution in [1.82, 2.24) is 20.0 Å². The Bertz CT molecular complexity index is 801. The second-order valence-electron chi connectivity index (χ2n) is 8.45. The van der Waals surface area contributed by atoms with Gasteiger partial charge in [-0.2, -0.15) is 5.10 Å². The molecule has 150 valence electrons. The van der Waals surface area contributed by atoms with Gasteiger partial charge in [-0.15, -0.1) is 0 Å². The number of likely N-dealkylation sites (tertiary alicyclic amines) is 1. The van der Waals surface area contributed by atoms with Gasteiger partial charge in [0, 0.05) is 49.4 Å². The lowest BCUT2D eigenvalue weighted by Crippen LogP contribution is -2.44. The number of nitrogens with zero attached hydrogens (tertiary/aromatic N) is 3. The van der Waals surface area contributed by atoms with Gasteiger partial charge in [-0.25, -0.2) is 0 Å². The Hall–Kier alpha value is -1.73. The van der Waals surface area contributed by atoms with E-state index >= 15 is 0 Å². The van der Waals surface area contributed by atoms with Crippen molar-refractivity contribution in [3.63, 3.8) is 0 Å². The third-order valence-electron chi connectivity index (χ3n) is 6.75. The molecule has 3 atom stereocenters. The maximum absolute atomic E-state index is 10.9. The molecular formula is C22H30N4O2. The van der Waals surface area contributed by atoms with Crippen molar-refractivity contribution in [1.29, 1.82) is 0 Å². The Kier molecular flexibility index (Phi) is 5.20. The fourth-order valence-electron chi connectivity index (χ4n) is 5.23. The van der Waals surface area contributed by atoms with Gasteiger partial charge in [-0.1, -0.05) is 24.3 Å². The van der Waals surface area contributed by atoms with Crippen LogP contribution in [0.4, 0.5) is 0 Å². The molecule has 2 aromatic rings. The van der Waals surface area contributed by atoms with Gasteiger partial charge in [0.25, 0.3) is 0 Å². The Morgan fingerprint density at radius 3 is 2.89 bits per heavy atom. The molecule has 0 unspecified atom stereocenters. The van der Waals surface area contributed by atoms with Gasteiger partial charge < -0.3 is 9.84 Å². The number of piperidine rings is 1. The molecule has 2 aliphatic heterocycles. The molecule has 1 aliphatic carbocycles. The Balaban J connectivity index is 1.29. The van der Waals surface area contributed by atoms with Crippen LogP contribution in [0.15, 0.2) is 30.5 Å². The van der Waals surface area contributed by atoms with E-state index in [9.17, 15) is 5.11 Å². The highest BCUT2D eigenvalue weighted by Gasteiger charge is 2.37. The fourth-order valence-corrected chi connectivity index (χ4v) is 5.23. The highest BCUT2D eigenvalue weighted by atomic mass is 16.5. The fraction of sp³-hybridized carbons (Fsp3) is 0.591. The van der Waals surface area contributed by atoms with E-state index in [0.29, 0.717) is 5.92 Å². The lowest BCUT2D eigenvalue weighted by atomic mass is 9.91. The third kappa shape index (κ3) is 3.50. The monoisotopic (exact) mass is 382 g/mol. The van der Waals surface area contributed by atoms with E-state index in [1.807, 2.05) is 12.3 Å². The number of fused-ring (bicyclic) bond motifs is 1. The van der Waals surface area contributed by atoms with Gasteiger partial charge >= 0.3 is 0 Å². The van der Waals surface area contributed by atoms with Crippen LogP contribution in [0.3, 0.4) is 0 Å². The summed E-state index contributed by atoms with van der Waals surface area (Å²) in [4.78, 5) is 4.97. The van der Waals surface area contributed by atoms with Crippen LogP contribution in [0.25, 0.3) is 0 Å². The molecular weight excluding hydrogens is 352 g/mol. The Morgan fingerprint density at radius 1 is 1.18 bits per heavy atom. The van der Waals surface area contributed by atoms with Crippen molar-refractivity contribution in [2.24, 2.45) is 0 Å². The SMILES string of the molecule is O[C@@H]1c2ccccc2C[C@H]1N1CCC[C@H](c2[nH]ncc2CN2CCOCC2)C1. The molecule has 0 amide bonds. The highest BCUT2D eigenvalue weighted by molar-refractivity contribution is 5.36. The number of ether oxygens (including phenoxy) is 1. The largest absolute Gasteiger partial charge is 0.387 e. The zero-order chi connectivity index (χ0) is 18.9. The van der Waals surface area contributed by atoms with E-state index in [0.717, 1.165) is 57.9 Å². The van der Waals surface area contributed by atoms with Crippen LogP contribution >= 0.6 is 0 Å². The van der Waals surface area contributed by atoms with Gasteiger partial charge in [0.1, 0.15) is 0 Å². The first-order valence-electron chi connectivity index (χ1n) is 10.6. The van der Waals surface area contributed by atoms with Crippen LogP contribution < -0.4 is 0 Å². The van der Waals surface area contributed by atoms with Crippen LogP contribution in [-0.4, -0.2) is 70.5 Å². The predicted octanol–water partition coefficient (Wildman–Crippen LogP) is 2.08. The average molecular weight is 383 g/mol. The quantitative estimate of drug-likeness (QED) is 0.848. The number of aliphatic hydroxyl groups excluding tert-OH is 1. The van der Waals surface area contributed by atoms with Crippen LogP contribution in [0, 0.1) is 0 Å². The lowest BCUT2D eigenvalue weighted by molar-refractivity contribution is 0.0334. The zero-order valence-electron chi connectivity index (χ0n) is 16.4. The van der Waals surface area contributed by atoms with E-state index in [4.69, 9.17) is 4.74 Å². The minimum Gasteiger partial charge on any atom is -0.387 e. The van der Waals surface area contributed by atoms with Crippen LogP contribution in [0.1, 0.15) is 47.2 Å². The van der Waals surface area contributed by atoms with E-state index in [1.165, 1.54) is 29.7 Å². The van der Waals surface area contributed by atoms with Crippen molar-refractivity contribution >= 4 is 0 Å². The number of rotatable bonds is 4. The van der Waals surface area contributed by atoms with Gasteiger partial charge in [0.15, 0.2) is 0 Å². The number of aliphatic hydroxyl groups is 1. The number of H-pyrrole nitrogens is 1. The molecule has 0 bridgehead atoms. The maximum atomic E-state index is 10.9. The summed E-state index contributed by atoms with van der Waals surface area (Å²) >= 11 is 0. The summed E-state index contributed by atoms with van der Waals surface area (Å²) in [6.45, 7) is 6.65. The lowest BCUT2D eigenvalue weighted by Gasteiger charge is -2.38. The molecule has 1 aromatic heterocycles. The van der Waals surface area contributed by atoms with E-state index in [2.05, 4.69) is 38.2 Å². The van der Waals surface area contributed by atoms with E-state index in [1.54, 1.807) is 0 Å². The summed E-state index contributed by atoms with van der Waals surface area (Å²) < 4.78 is 5.48. The van der Waals surface area contributed by atoms with Crippen molar-refractivity contribution in [2.75, 3.05) is 39.4 Å². The van der Waals surface area contributed by atoms with E-state index < -0.39 is 0 Å². The minimum atomic E-state index is -0.371. The van der Waals surface area contributed by atoms with Crippen LogP contribution in [0.2, 0.25) is 0 Å². The molecule has 6 nitrogen and oxygen atoms in total. The molecule has 28 heavy (non-hydrogen) atoms. The van der Waals surface area contributed by atoms with Crippen molar-refractivity contribution < 1.29 is 9.84 Å². The summed E-state index contributed by atoms with van der Waals surface area (Å²) in [5, 5.41) is 18.6. The van der Waals surface area contributed by atoms with Crippen LogP contribution in [0.5, 0.6) is 0 Å². The van der Waals surface area contributed by atoms with Gasteiger partial charge in [-0.3, -0.25) is 14.9 Å². The molecule has 6 heteroatoms. The first-order chi connectivity index (χ1) is 13.8. The standard InChI is InChI=1S/C22H30N4O2/c27-22-19-6-2-1-4-16(19)12-20(22)26-7-3-5-17(15-26)21-18(13-23-24-21)14-25-8-10-28-11-9-25/h1-2,4,6,13,17,20,22,27H,3,5,7-12,14-15H2,(H,23,24)/t17-,20+,22+/m0/s1. The third-order valence-corrected chi connectivity index (χ3v) is 6.75. The van der Waals surface area contributed by atoms with Crippen molar-refractivity contribution in [3.05, 3.63) is 52.8 Å². The topological polar surface area (TPSA) is 64.6 Å². The summed E-state index contributed by atoms with van der Waals surface area (Å²) in [6, 6.07) is 8.55. The molecule has 5 rings (SSSR count). The molecule has 1 aromatic carbocycles. The number of aromatic amines is 1. The van der Waals surface area contributed by atoms with Gasteiger partial charge in [-0.05, 0) is 36.9 Å². The second kappa shape index (κ2) is 7.95. The van der Waals surface area contributed by atoms with Crippen molar-refractivity contribution in [2.45, 2.75) is 43.9 Å². The molecule has 0 radical (unpaired) electrons. The maximum Gasteiger partial charge on any atom is 0.0951 e. The van der Waals surface area contributed by atoms with Gasteiger partial charge in [0.2, 0.25) is 0 Å². The second-order valence-corrected chi connectivity index (χ2v) is 8.45. The summed E-state index contributed by atoms with van der Waals surface area (Å²) in [6.07, 6.45) is 4.94. The molecule has 2 N–H and O–H groups in total. The molecule has 0 spiro atoms. The summed E-state index contributed by atoms with van der Waals surface area (Å²) in [5.41, 5.74) is 5.03. The van der Waals surface area contributed by atoms with Crippen molar-refractivity contribution in [3.8, 4) is 0 Å². The number of hydrogen-bond donors (Lipinski definition) is 2. The predicted molar refractivity (Wildman–Crippen MR) is 107 cm³/mol. The minimum absolute atomic E-state index is 0.200. The Morgan fingerprint density at radius 2 is 2.04 bits per heavy atom. The number of aromatic nitrogens is 2. The Labute approximate surface area is 166 Å². The number of benzene rings is 1. The van der Waals surface area contributed by atoms with Gasteiger partial charge in [0.05, 0.1) is 25.5 Å². The highest BCUT2D eigenvalue weighted by Crippen LogP contribution is 2.38. The molecule has 2 fully saturated rings. The first-order valence-corrected chi connectivity index (χ1v) is 10.6. The number of morpholine rings is 1. The first kappa shape index (κ1) is 18.3. The smallest absolute Gasteiger partial charge is 0.0951 e.